The van der Waals surface area contributed by atoms with Crippen LogP contribution in [0, 0.1) is 13.8 Å². The van der Waals surface area contributed by atoms with E-state index >= 15 is 0 Å². The molecule has 1 atom stereocenters. The second-order valence-electron chi connectivity index (χ2n) is 5.31. The second kappa shape index (κ2) is 5.42. The third-order valence-electron chi connectivity index (χ3n) is 3.67. The van der Waals surface area contributed by atoms with E-state index in [-0.39, 0.29) is 11.6 Å². The van der Waals surface area contributed by atoms with Crippen molar-refractivity contribution in [1.82, 2.24) is 9.55 Å². The first kappa shape index (κ1) is 14.0. The Kier molecular flexibility index (Phi) is 3.61. The third kappa shape index (κ3) is 2.62. The van der Waals surface area contributed by atoms with Gasteiger partial charge in [-0.2, -0.15) is 0 Å². The molecule has 21 heavy (non-hydrogen) atoms. The molecule has 0 saturated carbocycles. The van der Waals surface area contributed by atoms with Gasteiger partial charge in [0, 0.05) is 12.6 Å². The molecule has 2 N–H and O–H groups in total. The third-order valence-corrected chi connectivity index (χ3v) is 4.49. The van der Waals surface area contributed by atoms with E-state index in [1.807, 2.05) is 30.5 Å². The molecule has 2 aromatic heterocycles. The first-order chi connectivity index (χ1) is 10.1. The predicted molar refractivity (Wildman–Crippen MR) is 86.7 cm³/mol. The molecular formula is C16H17N3OS. The standard InChI is InChI=1S/C16H17N3OS/c1-10-3-4-12(11(2)7-10)14(17)8-19-9-18-15-13(16(19)20)5-6-21-15/h3-7,9,14H,8,17H2,1-2H3. The number of aryl methyl sites for hydroxylation is 2. The van der Waals surface area contributed by atoms with Crippen molar-refractivity contribution in [2.75, 3.05) is 0 Å². The molecule has 0 bridgehead atoms. The minimum absolute atomic E-state index is 0.0264. The van der Waals surface area contributed by atoms with Gasteiger partial charge in [-0.15, -0.1) is 11.3 Å². The van der Waals surface area contributed by atoms with Crippen molar-refractivity contribution < 1.29 is 0 Å². The van der Waals surface area contributed by atoms with E-state index in [2.05, 4.69) is 18.0 Å². The first-order valence-corrected chi connectivity index (χ1v) is 7.69. The van der Waals surface area contributed by atoms with Crippen LogP contribution in [0.5, 0.6) is 0 Å². The quantitative estimate of drug-likeness (QED) is 0.809. The van der Waals surface area contributed by atoms with Gasteiger partial charge in [0.2, 0.25) is 0 Å². The van der Waals surface area contributed by atoms with Crippen LogP contribution < -0.4 is 11.3 Å². The van der Waals surface area contributed by atoms with Gasteiger partial charge in [-0.1, -0.05) is 23.8 Å². The molecule has 5 heteroatoms. The number of fused-ring (bicyclic) bond motifs is 1. The number of benzene rings is 1. The summed E-state index contributed by atoms with van der Waals surface area (Å²) in [5, 5.41) is 2.54. The van der Waals surface area contributed by atoms with Crippen molar-refractivity contribution in [3.63, 3.8) is 0 Å². The van der Waals surface area contributed by atoms with Gasteiger partial charge in [-0.3, -0.25) is 9.36 Å². The molecule has 0 spiro atoms. The zero-order valence-corrected chi connectivity index (χ0v) is 12.9. The Morgan fingerprint density at radius 2 is 2.14 bits per heavy atom. The lowest BCUT2D eigenvalue weighted by atomic mass is 10.00. The molecule has 1 unspecified atom stereocenters. The highest BCUT2D eigenvalue weighted by molar-refractivity contribution is 7.16. The monoisotopic (exact) mass is 299 g/mol. The smallest absolute Gasteiger partial charge is 0.262 e. The van der Waals surface area contributed by atoms with Crippen LogP contribution in [0.15, 0.2) is 40.8 Å². The minimum atomic E-state index is -0.221. The summed E-state index contributed by atoms with van der Waals surface area (Å²) in [6.45, 7) is 4.54. The maximum atomic E-state index is 12.4. The number of aromatic nitrogens is 2. The molecule has 2 heterocycles. The molecule has 0 aliphatic carbocycles. The lowest BCUT2D eigenvalue weighted by molar-refractivity contribution is 0.556. The van der Waals surface area contributed by atoms with Crippen LogP contribution in [0.3, 0.4) is 0 Å². The SMILES string of the molecule is Cc1ccc(C(N)Cn2cnc3sccc3c2=O)c(C)c1. The van der Waals surface area contributed by atoms with E-state index in [0.29, 0.717) is 11.9 Å². The maximum absolute atomic E-state index is 12.4. The number of thiophene rings is 1. The average Bonchev–Trinajstić information content (AvgIpc) is 2.91. The highest BCUT2D eigenvalue weighted by Gasteiger charge is 2.12. The summed E-state index contributed by atoms with van der Waals surface area (Å²) >= 11 is 1.47. The Morgan fingerprint density at radius 3 is 2.90 bits per heavy atom. The van der Waals surface area contributed by atoms with Crippen LogP contribution in [-0.4, -0.2) is 9.55 Å². The predicted octanol–water partition coefficient (Wildman–Crippen LogP) is 2.77. The van der Waals surface area contributed by atoms with Crippen molar-refractivity contribution in [1.29, 1.82) is 0 Å². The van der Waals surface area contributed by atoms with Gasteiger partial charge in [-0.25, -0.2) is 4.98 Å². The Balaban J connectivity index is 1.94. The Morgan fingerprint density at radius 1 is 1.33 bits per heavy atom. The Bertz CT molecular complexity index is 850. The number of hydrogen-bond donors (Lipinski definition) is 1. The van der Waals surface area contributed by atoms with Gasteiger partial charge in [0.25, 0.3) is 5.56 Å². The number of nitrogens with zero attached hydrogens (tertiary/aromatic N) is 2. The summed E-state index contributed by atoms with van der Waals surface area (Å²) in [5.41, 5.74) is 9.69. The van der Waals surface area contributed by atoms with Crippen molar-refractivity contribution in [3.8, 4) is 0 Å². The lowest BCUT2D eigenvalue weighted by Crippen LogP contribution is -2.27. The summed E-state index contributed by atoms with van der Waals surface area (Å²) in [6.07, 6.45) is 1.59. The normalized spacial score (nSPS) is 12.7. The molecule has 4 nitrogen and oxygen atoms in total. The van der Waals surface area contributed by atoms with Crippen LogP contribution in [0.2, 0.25) is 0 Å². The van der Waals surface area contributed by atoms with Gasteiger partial charge >= 0.3 is 0 Å². The van der Waals surface area contributed by atoms with Crippen LogP contribution in [0.1, 0.15) is 22.7 Å². The molecule has 3 rings (SSSR count). The molecule has 0 radical (unpaired) electrons. The zero-order chi connectivity index (χ0) is 15.0. The van der Waals surface area contributed by atoms with E-state index in [1.165, 1.54) is 16.9 Å². The summed E-state index contributed by atoms with van der Waals surface area (Å²) in [6, 6.07) is 7.79. The highest BCUT2D eigenvalue weighted by Crippen LogP contribution is 2.19. The van der Waals surface area contributed by atoms with Gasteiger partial charge in [-0.05, 0) is 36.4 Å². The van der Waals surface area contributed by atoms with Crippen molar-refractivity contribution in [2.24, 2.45) is 5.73 Å². The fraction of sp³-hybridized carbons (Fsp3) is 0.250. The summed E-state index contributed by atoms with van der Waals surface area (Å²) in [7, 11) is 0. The first-order valence-electron chi connectivity index (χ1n) is 6.81. The molecule has 0 aliphatic heterocycles. The van der Waals surface area contributed by atoms with Crippen LogP contribution >= 0.6 is 11.3 Å². The largest absolute Gasteiger partial charge is 0.322 e. The topological polar surface area (TPSA) is 60.9 Å². The highest BCUT2D eigenvalue weighted by atomic mass is 32.1. The van der Waals surface area contributed by atoms with Gasteiger partial charge in [0.05, 0.1) is 11.7 Å². The van der Waals surface area contributed by atoms with Crippen molar-refractivity contribution >= 4 is 21.6 Å². The summed E-state index contributed by atoms with van der Waals surface area (Å²) < 4.78 is 1.60. The number of nitrogens with two attached hydrogens (primary N) is 1. The summed E-state index contributed by atoms with van der Waals surface area (Å²) in [4.78, 5) is 17.5. The van der Waals surface area contributed by atoms with E-state index in [0.717, 1.165) is 16.0 Å². The molecule has 108 valence electrons. The maximum Gasteiger partial charge on any atom is 0.262 e. The minimum Gasteiger partial charge on any atom is -0.322 e. The van der Waals surface area contributed by atoms with E-state index in [1.54, 1.807) is 10.9 Å². The molecule has 1 aromatic carbocycles. The molecule has 0 aliphatic rings. The molecular weight excluding hydrogens is 282 g/mol. The average molecular weight is 299 g/mol. The van der Waals surface area contributed by atoms with Crippen LogP contribution in [0.4, 0.5) is 0 Å². The van der Waals surface area contributed by atoms with Crippen molar-refractivity contribution in [2.45, 2.75) is 26.4 Å². The zero-order valence-electron chi connectivity index (χ0n) is 12.0. The van der Waals surface area contributed by atoms with Gasteiger partial charge in [0.1, 0.15) is 4.83 Å². The Hall–Kier alpha value is -1.98. The Labute approximate surface area is 126 Å². The van der Waals surface area contributed by atoms with Crippen LogP contribution in [-0.2, 0) is 6.54 Å². The van der Waals surface area contributed by atoms with E-state index in [9.17, 15) is 4.79 Å². The van der Waals surface area contributed by atoms with Gasteiger partial charge in [0.15, 0.2) is 0 Å². The van der Waals surface area contributed by atoms with E-state index in [4.69, 9.17) is 5.73 Å². The van der Waals surface area contributed by atoms with Crippen LogP contribution in [0.25, 0.3) is 10.2 Å². The molecule has 3 aromatic rings. The molecule has 0 fully saturated rings. The fourth-order valence-corrected chi connectivity index (χ4v) is 3.30. The number of hydrogen-bond acceptors (Lipinski definition) is 4. The van der Waals surface area contributed by atoms with Gasteiger partial charge < -0.3 is 5.73 Å². The fourth-order valence-electron chi connectivity index (χ4n) is 2.58. The van der Waals surface area contributed by atoms with Crippen molar-refractivity contribution in [3.05, 3.63) is 63.0 Å². The number of rotatable bonds is 3. The molecule has 0 amide bonds. The second-order valence-corrected chi connectivity index (χ2v) is 6.20. The molecule has 0 saturated heterocycles. The van der Waals surface area contributed by atoms with E-state index < -0.39 is 0 Å². The summed E-state index contributed by atoms with van der Waals surface area (Å²) in [5.74, 6) is 0. The lowest BCUT2D eigenvalue weighted by Gasteiger charge is -2.16.